The van der Waals surface area contributed by atoms with Crippen LogP contribution in [0.15, 0.2) is 36.4 Å². The Balaban J connectivity index is 2.35. The molecule has 0 atom stereocenters. The van der Waals surface area contributed by atoms with E-state index < -0.39 is 0 Å². The molecule has 0 spiro atoms. The van der Waals surface area contributed by atoms with Crippen LogP contribution in [0.25, 0.3) is 16.7 Å². The summed E-state index contributed by atoms with van der Waals surface area (Å²) in [6.45, 7) is 1.74. The number of aryl methyl sites for hydroxylation is 2. The van der Waals surface area contributed by atoms with E-state index in [1.165, 1.54) is 6.07 Å². The molecule has 0 aliphatic rings. The van der Waals surface area contributed by atoms with Gasteiger partial charge in [-0.05, 0) is 30.7 Å². The Morgan fingerprint density at radius 3 is 2.71 bits per heavy atom. The Labute approximate surface area is 132 Å². The molecule has 0 aliphatic heterocycles. The number of fused-ring (bicyclic) bond motifs is 1. The SMILES string of the molecule is Cc1cc2c(cc1F)nc(CCCl)n2-c1ccccc1Cl. The van der Waals surface area contributed by atoms with E-state index in [-0.39, 0.29) is 5.82 Å². The maximum Gasteiger partial charge on any atom is 0.128 e. The Hall–Kier alpha value is -1.58. The van der Waals surface area contributed by atoms with Crippen LogP contribution in [0.1, 0.15) is 11.4 Å². The number of benzene rings is 2. The van der Waals surface area contributed by atoms with Crippen molar-refractivity contribution in [1.29, 1.82) is 0 Å². The summed E-state index contributed by atoms with van der Waals surface area (Å²) in [5.41, 5.74) is 2.85. The minimum absolute atomic E-state index is 0.260. The lowest BCUT2D eigenvalue weighted by Gasteiger charge is -2.10. The summed E-state index contributed by atoms with van der Waals surface area (Å²) in [4.78, 5) is 4.50. The zero-order valence-corrected chi connectivity index (χ0v) is 12.9. The molecule has 1 aromatic heterocycles. The summed E-state index contributed by atoms with van der Waals surface area (Å²) < 4.78 is 15.7. The van der Waals surface area contributed by atoms with Crippen LogP contribution in [-0.4, -0.2) is 15.4 Å². The lowest BCUT2D eigenvalue weighted by Crippen LogP contribution is -2.03. The molecule has 2 aromatic carbocycles. The largest absolute Gasteiger partial charge is 0.295 e. The van der Waals surface area contributed by atoms with Crippen LogP contribution in [0, 0.1) is 12.7 Å². The number of hydrogen-bond donors (Lipinski definition) is 0. The molecule has 5 heteroatoms. The normalized spacial score (nSPS) is 11.2. The van der Waals surface area contributed by atoms with Crippen LogP contribution < -0.4 is 0 Å². The van der Waals surface area contributed by atoms with E-state index in [2.05, 4.69) is 4.98 Å². The van der Waals surface area contributed by atoms with Gasteiger partial charge in [-0.25, -0.2) is 9.37 Å². The summed E-state index contributed by atoms with van der Waals surface area (Å²) >= 11 is 12.2. The Morgan fingerprint density at radius 2 is 2.00 bits per heavy atom. The van der Waals surface area contributed by atoms with Crippen LogP contribution >= 0.6 is 23.2 Å². The van der Waals surface area contributed by atoms with E-state index in [0.717, 1.165) is 17.0 Å². The average molecular weight is 323 g/mol. The van der Waals surface area contributed by atoms with Gasteiger partial charge >= 0.3 is 0 Å². The Bertz CT molecular complexity index is 811. The predicted molar refractivity (Wildman–Crippen MR) is 85.2 cm³/mol. The summed E-state index contributed by atoms with van der Waals surface area (Å²) in [7, 11) is 0. The first-order valence-electron chi connectivity index (χ1n) is 6.60. The predicted octanol–water partition coefficient (Wildman–Crippen LogP) is 4.91. The van der Waals surface area contributed by atoms with Crippen LogP contribution in [0.5, 0.6) is 0 Å². The highest BCUT2D eigenvalue weighted by molar-refractivity contribution is 6.32. The molecular formula is C16H13Cl2FN2. The third-order valence-electron chi connectivity index (χ3n) is 3.42. The Kier molecular flexibility index (Phi) is 3.87. The first kappa shape index (κ1) is 14.4. The van der Waals surface area contributed by atoms with Gasteiger partial charge in [0.15, 0.2) is 0 Å². The molecule has 0 aliphatic carbocycles. The first-order valence-corrected chi connectivity index (χ1v) is 7.51. The number of aromatic nitrogens is 2. The van der Waals surface area contributed by atoms with Crippen LogP contribution in [0.3, 0.4) is 0 Å². The van der Waals surface area contributed by atoms with Gasteiger partial charge in [-0.2, -0.15) is 0 Å². The van der Waals surface area contributed by atoms with Crippen molar-refractivity contribution >= 4 is 34.2 Å². The number of hydrogen-bond acceptors (Lipinski definition) is 1. The summed E-state index contributed by atoms with van der Waals surface area (Å²) in [5.74, 6) is 0.955. The van der Waals surface area contributed by atoms with E-state index in [9.17, 15) is 4.39 Å². The van der Waals surface area contributed by atoms with Gasteiger partial charge in [0, 0.05) is 18.4 Å². The highest BCUT2D eigenvalue weighted by Crippen LogP contribution is 2.28. The molecule has 0 amide bonds. The highest BCUT2D eigenvalue weighted by Gasteiger charge is 2.15. The van der Waals surface area contributed by atoms with Crippen molar-refractivity contribution in [3.05, 3.63) is 58.6 Å². The van der Waals surface area contributed by atoms with Gasteiger partial charge < -0.3 is 0 Å². The van der Waals surface area contributed by atoms with E-state index in [1.807, 2.05) is 28.8 Å². The third-order valence-corrected chi connectivity index (χ3v) is 3.92. The summed E-state index contributed by atoms with van der Waals surface area (Å²) in [6.07, 6.45) is 0.585. The van der Waals surface area contributed by atoms with Crippen molar-refractivity contribution < 1.29 is 4.39 Å². The molecule has 0 bridgehead atoms. The van der Waals surface area contributed by atoms with Crippen molar-refractivity contribution in [1.82, 2.24) is 9.55 Å². The maximum absolute atomic E-state index is 13.8. The van der Waals surface area contributed by atoms with Gasteiger partial charge in [-0.3, -0.25) is 4.57 Å². The fraction of sp³-hybridized carbons (Fsp3) is 0.188. The van der Waals surface area contributed by atoms with E-state index in [1.54, 1.807) is 13.0 Å². The van der Waals surface area contributed by atoms with Gasteiger partial charge in [-0.15, -0.1) is 11.6 Å². The Morgan fingerprint density at radius 1 is 1.24 bits per heavy atom. The van der Waals surface area contributed by atoms with Gasteiger partial charge in [-0.1, -0.05) is 23.7 Å². The molecule has 1 heterocycles. The molecule has 0 radical (unpaired) electrons. The standard InChI is InChI=1S/C16H13Cl2FN2/c1-10-8-15-13(9-12(10)19)20-16(6-7-17)21(15)14-5-3-2-4-11(14)18/h2-5,8-9H,6-7H2,1H3. The zero-order chi connectivity index (χ0) is 15.0. The fourth-order valence-corrected chi connectivity index (χ4v) is 2.80. The van der Waals surface area contributed by atoms with Crippen LogP contribution in [0.4, 0.5) is 4.39 Å². The number of halogens is 3. The summed E-state index contributed by atoms with van der Waals surface area (Å²) in [5, 5.41) is 0.620. The van der Waals surface area contributed by atoms with Crippen molar-refractivity contribution in [2.75, 3.05) is 5.88 Å². The molecule has 0 fully saturated rings. The second-order valence-electron chi connectivity index (χ2n) is 4.84. The quantitative estimate of drug-likeness (QED) is 0.626. The van der Waals surface area contributed by atoms with Crippen molar-refractivity contribution in [2.45, 2.75) is 13.3 Å². The smallest absolute Gasteiger partial charge is 0.128 e. The molecule has 0 saturated carbocycles. The number of alkyl halides is 1. The molecule has 21 heavy (non-hydrogen) atoms. The molecule has 3 aromatic rings. The summed E-state index contributed by atoms with van der Waals surface area (Å²) in [6, 6.07) is 10.8. The minimum Gasteiger partial charge on any atom is -0.295 e. The molecule has 108 valence electrons. The average Bonchev–Trinajstić information content (AvgIpc) is 2.78. The maximum atomic E-state index is 13.8. The van der Waals surface area contributed by atoms with Crippen molar-refractivity contribution in [3.63, 3.8) is 0 Å². The highest BCUT2D eigenvalue weighted by atomic mass is 35.5. The van der Waals surface area contributed by atoms with Crippen molar-refractivity contribution in [3.8, 4) is 5.69 Å². The van der Waals surface area contributed by atoms with Gasteiger partial charge in [0.2, 0.25) is 0 Å². The second kappa shape index (κ2) is 5.66. The third kappa shape index (κ3) is 2.52. The molecule has 0 N–H and O–H groups in total. The lowest BCUT2D eigenvalue weighted by molar-refractivity contribution is 0.620. The van der Waals surface area contributed by atoms with Crippen LogP contribution in [-0.2, 0) is 6.42 Å². The second-order valence-corrected chi connectivity index (χ2v) is 5.63. The van der Waals surface area contributed by atoms with Crippen molar-refractivity contribution in [2.24, 2.45) is 0 Å². The topological polar surface area (TPSA) is 17.8 Å². The minimum atomic E-state index is -0.260. The van der Waals surface area contributed by atoms with E-state index >= 15 is 0 Å². The van der Waals surface area contributed by atoms with E-state index in [4.69, 9.17) is 23.2 Å². The molecule has 0 unspecified atom stereocenters. The van der Waals surface area contributed by atoms with E-state index in [0.29, 0.717) is 28.4 Å². The molecule has 0 saturated heterocycles. The van der Waals surface area contributed by atoms with Gasteiger partial charge in [0.25, 0.3) is 0 Å². The monoisotopic (exact) mass is 322 g/mol. The molecule has 3 rings (SSSR count). The van der Waals surface area contributed by atoms with Gasteiger partial charge in [0.1, 0.15) is 11.6 Å². The first-order chi connectivity index (χ1) is 10.1. The molecule has 2 nitrogen and oxygen atoms in total. The number of rotatable bonds is 3. The van der Waals surface area contributed by atoms with Crippen LogP contribution in [0.2, 0.25) is 5.02 Å². The molecular weight excluding hydrogens is 310 g/mol. The number of para-hydroxylation sites is 1. The number of nitrogens with zero attached hydrogens (tertiary/aromatic N) is 2. The number of imidazole rings is 1. The zero-order valence-electron chi connectivity index (χ0n) is 11.4. The van der Waals surface area contributed by atoms with Gasteiger partial charge in [0.05, 0.1) is 21.7 Å². The fourth-order valence-electron chi connectivity index (χ4n) is 2.41. The lowest BCUT2D eigenvalue weighted by atomic mass is 10.2.